The minimum absolute atomic E-state index is 0.258. The molecule has 0 saturated carbocycles. The highest BCUT2D eigenvalue weighted by molar-refractivity contribution is 5.80. The minimum atomic E-state index is 0.258. The molecule has 2 heterocycles. The highest BCUT2D eigenvalue weighted by atomic mass is 16.5. The lowest BCUT2D eigenvalue weighted by molar-refractivity contribution is 0.386. The molecule has 0 aliphatic carbocycles. The lowest BCUT2D eigenvalue weighted by Crippen LogP contribution is -1.97. The molecule has 60 valence electrons. The van der Waals surface area contributed by atoms with E-state index >= 15 is 0 Å². The maximum atomic E-state index is 8.63. The smallest absolute Gasteiger partial charge is 0.183 e. The first-order valence-electron chi connectivity index (χ1n) is 3.23. The van der Waals surface area contributed by atoms with Crippen molar-refractivity contribution in [3.63, 3.8) is 0 Å². The van der Waals surface area contributed by atoms with Gasteiger partial charge in [-0.15, -0.1) is 0 Å². The van der Waals surface area contributed by atoms with Gasteiger partial charge < -0.3 is 0 Å². The van der Waals surface area contributed by atoms with Gasteiger partial charge in [-0.3, -0.25) is 10.7 Å². The molecule has 0 aliphatic rings. The second-order valence-corrected chi connectivity index (χ2v) is 2.06. The van der Waals surface area contributed by atoms with Gasteiger partial charge in [-0.25, -0.2) is 19.9 Å². The second-order valence-electron chi connectivity index (χ2n) is 2.06. The molecule has 0 saturated heterocycles. The number of rotatable bonds is 1. The van der Waals surface area contributed by atoms with Crippen LogP contribution in [0.2, 0.25) is 0 Å². The molecule has 6 nitrogen and oxygen atoms in total. The fourth-order valence-corrected chi connectivity index (χ4v) is 0.876. The Balaban J connectivity index is 2.79. The van der Waals surface area contributed by atoms with Gasteiger partial charge >= 0.3 is 0 Å². The van der Waals surface area contributed by atoms with Gasteiger partial charge in [0.05, 0.1) is 0 Å². The Kier molecular flexibility index (Phi) is 1.52. The zero-order valence-corrected chi connectivity index (χ0v) is 5.97. The molecule has 6 heteroatoms. The first kappa shape index (κ1) is 6.86. The molecule has 0 aromatic carbocycles. The third-order valence-corrected chi connectivity index (χ3v) is 1.38. The average Bonchev–Trinajstić information content (AvgIpc) is 2.17. The number of anilines is 1. The molecule has 0 radical (unpaired) electrons. The summed E-state index contributed by atoms with van der Waals surface area (Å²) < 4.78 is 0. The Hall–Kier alpha value is -1.82. The molecule has 2 aromatic heterocycles. The summed E-state index contributed by atoms with van der Waals surface area (Å²) >= 11 is 0. The quantitative estimate of drug-likeness (QED) is 0.585. The van der Waals surface area contributed by atoms with Crippen LogP contribution in [0.1, 0.15) is 0 Å². The van der Waals surface area contributed by atoms with Crippen molar-refractivity contribution in [3.8, 4) is 0 Å². The SMILES string of the molecule is ONc1ncnc2nccnc12. The molecular weight excluding hydrogens is 158 g/mol. The second kappa shape index (κ2) is 2.67. The van der Waals surface area contributed by atoms with Crippen molar-refractivity contribution in [1.82, 2.24) is 19.9 Å². The van der Waals surface area contributed by atoms with Crippen LogP contribution in [-0.2, 0) is 0 Å². The third kappa shape index (κ3) is 0.940. The standard InChI is InChI=1S/C6H5N5O/c12-11-6-4-5(9-3-10-6)8-2-1-7-4/h1-3,12H,(H,8,9,10,11). The van der Waals surface area contributed by atoms with Gasteiger partial charge in [0, 0.05) is 12.4 Å². The molecule has 0 bridgehead atoms. The average molecular weight is 163 g/mol. The molecular formula is C6H5N5O. The van der Waals surface area contributed by atoms with Crippen molar-refractivity contribution in [3.05, 3.63) is 18.7 Å². The van der Waals surface area contributed by atoms with E-state index in [-0.39, 0.29) is 5.82 Å². The highest BCUT2D eigenvalue weighted by Gasteiger charge is 2.02. The van der Waals surface area contributed by atoms with Crippen LogP contribution in [0.5, 0.6) is 0 Å². The molecule has 0 unspecified atom stereocenters. The predicted molar refractivity (Wildman–Crippen MR) is 40.5 cm³/mol. The van der Waals surface area contributed by atoms with E-state index in [0.29, 0.717) is 11.2 Å². The van der Waals surface area contributed by atoms with E-state index in [1.54, 1.807) is 0 Å². The fraction of sp³-hybridized carbons (Fsp3) is 0. The van der Waals surface area contributed by atoms with Gasteiger partial charge in [-0.2, -0.15) is 0 Å². The van der Waals surface area contributed by atoms with Crippen molar-refractivity contribution in [2.45, 2.75) is 0 Å². The van der Waals surface area contributed by atoms with Crippen LogP contribution in [0.15, 0.2) is 18.7 Å². The summed E-state index contributed by atoms with van der Waals surface area (Å²) in [6.45, 7) is 0. The van der Waals surface area contributed by atoms with E-state index in [4.69, 9.17) is 5.21 Å². The van der Waals surface area contributed by atoms with Crippen molar-refractivity contribution in [2.75, 3.05) is 5.48 Å². The Labute approximate surface area is 67.3 Å². The van der Waals surface area contributed by atoms with Gasteiger partial charge in [-0.05, 0) is 0 Å². The summed E-state index contributed by atoms with van der Waals surface area (Å²) in [5.41, 5.74) is 2.81. The van der Waals surface area contributed by atoms with E-state index in [1.807, 2.05) is 5.48 Å². The van der Waals surface area contributed by atoms with Gasteiger partial charge in [0.15, 0.2) is 17.0 Å². The number of nitrogens with zero attached hydrogens (tertiary/aromatic N) is 4. The largest absolute Gasteiger partial charge is 0.290 e. The number of hydrogen-bond acceptors (Lipinski definition) is 6. The Morgan fingerprint density at radius 1 is 1.08 bits per heavy atom. The van der Waals surface area contributed by atoms with Crippen molar-refractivity contribution in [2.24, 2.45) is 0 Å². The summed E-state index contributed by atoms with van der Waals surface area (Å²) in [6, 6.07) is 0. The van der Waals surface area contributed by atoms with Crippen molar-refractivity contribution in [1.29, 1.82) is 0 Å². The number of aromatic nitrogens is 4. The van der Waals surface area contributed by atoms with Crippen LogP contribution in [0.4, 0.5) is 5.82 Å². The van der Waals surface area contributed by atoms with Crippen LogP contribution >= 0.6 is 0 Å². The Morgan fingerprint density at radius 3 is 2.75 bits per heavy atom. The molecule has 0 spiro atoms. The molecule has 0 amide bonds. The van der Waals surface area contributed by atoms with Crippen LogP contribution < -0.4 is 5.48 Å². The molecule has 0 aliphatic heterocycles. The Morgan fingerprint density at radius 2 is 1.92 bits per heavy atom. The summed E-state index contributed by atoms with van der Waals surface area (Å²) in [6.07, 6.45) is 4.33. The van der Waals surface area contributed by atoms with Crippen LogP contribution in [0, 0.1) is 0 Å². The molecule has 2 aromatic rings. The summed E-state index contributed by atoms with van der Waals surface area (Å²) in [7, 11) is 0. The maximum Gasteiger partial charge on any atom is 0.183 e. The molecule has 0 atom stereocenters. The maximum absolute atomic E-state index is 8.63. The zero-order valence-electron chi connectivity index (χ0n) is 5.97. The van der Waals surface area contributed by atoms with E-state index in [0.717, 1.165) is 0 Å². The van der Waals surface area contributed by atoms with E-state index < -0.39 is 0 Å². The van der Waals surface area contributed by atoms with Crippen molar-refractivity contribution >= 4 is 17.0 Å². The third-order valence-electron chi connectivity index (χ3n) is 1.38. The van der Waals surface area contributed by atoms with E-state index in [2.05, 4.69) is 19.9 Å². The Bertz CT molecular complexity index is 399. The van der Waals surface area contributed by atoms with Gasteiger partial charge in [0.2, 0.25) is 0 Å². The van der Waals surface area contributed by atoms with Crippen molar-refractivity contribution < 1.29 is 5.21 Å². The van der Waals surface area contributed by atoms with Gasteiger partial charge in [0.25, 0.3) is 0 Å². The summed E-state index contributed by atoms with van der Waals surface area (Å²) in [5.74, 6) is 0.258. The first-order chi connectivity index (χ1) is 5.92. The number of fused-ring (bicyclic) bond motifs is 1. The molecule has 2 N–H and O–H groups in total. The monoisotopic (exact) mass is 163 g/mol. The van der Waals surface area contributed by atoms with Gasteiger partial charge in [-0.1, -0.05) is 0 Å². The fourth-order valence-electron chi connectivity index (χ4n) is 0.876. The van der Waals surface area contributed by atoms with Crippen LogP contribution in [0.3, 0.4) is 0 Å². The predicted octanol–water partition coefficient (Wildman–Crippen LogP) is 0.221. The highest BCUT2D eigenvalue weighted by Crippen LogP contribution is 2.11. The van der Waals surface area contributed by atoms with E-state index in [9.17, 15) is 0 Å². The molecule has 2 rings (SSSR count). The minimum Gasteiger partial charge on any atom is -0.290 e. The summed E-state index contributed by atoms with van der Waals surface area (Å²) in [5, 5.41) is 8.63. The number of nitrogens with one attached hydrogen (secondary N) is 1. The normalized spacial score (nSPS) is 10.1. The van der Waals surface area contributed by atoms with E-state index in [1.165, 1.54) is 18.7 Å². The number of hydrogen-bond donors (Lipinski definition) is 2. The summed E-state index contributed by atoms with van der Waals surface area (Å²) in [4.78, 5) is 15.5. The first-order valence-corrected chi connectivity index (χ1v) is 3.23. The zero-order chi connectivity index (χ0) is 8.39. The lowest BCUT2D eigenvalue weighted by atomic mass is 10.5. The van der Waals surface area contributed by atoms with Crippen LogP contribution in [0.25, 0.3) is 11.2 Å². The lowest BCUT2D eigenvalue weighted by Gasteiger charge is -1.98. The topological polar surface area (TPSA) is 83.8 Å². The molecule has 12 heavy (non-hydrogen) atoms. The van der Waals surface area contributed by atoms with Crippen LogP contribution in [-0.4, -0.2) is 25.1 Å². The molecule has 0 fully saturated rings. The van der Waals surface area contributed by atoms with Gasteiger partial charge in [0.1, 0.15) is 6.33 Å².